The van der Waals surface area contributed by atoms with Crippen LogP contribution in [-0.4, -0.2) is 24.7 Å². The number of benzene rings is 2. The SMILES string of the molecule is COc1ccc(NS(=O)(=O)c2ccc3c(c2)n(C)c(=O)c(=O)n3C)cc1. The quantitative estimate of drug-likeness (QED) is 0.687. The maximum Gasteiger partial charge on any atom is 0.316 e. The number of rotatable bonds is 4. The second-order valence-electron chi connectivity index (χ2n) is 5.71. The predicted octanol–water partition coefficient (Wildman–Crippen LogP) is 1.05. The molecule has 0 radical (unpaired) electrons. The molecule has 0 atom stereocenters. The maximum atomic E-state index is 12.6. The van der Waals surface area contributed by atoms with Gasteiger partial charge in [-0.05, 0) is 42.5 Å². The van der Waals surface area contributed by atoms with Gasteiger partial charge in [0.1, 0.15) is 5.75 Å². The highest BCUT2D eigenvalue weighted by molar-refractivity contribution is 7.92. The summed E-state index contributed by atoms with van der Waals surface area (Å²) in [6.07, 6.45) is 0. The lowest BCUT2D eigenvalue weighted by Crippen LogP contribution is -2.39. The summed E-state index contributed by atoms with van der Waals surface area (Å²) in [6, 6.07) is 10.7. The fraction of sp³-hybridized carbons (Fsp3) is 0.176. The van der Waals surface area contributed by atoms with Crippen molar-refractivity contribution in [3.63, 3.8) is 0 Å². The molecule has 3 aromatic rings. The molecule has 1 heterocycles. The number of aryl methyl sites for hydroxylation is 2. The molecule has 0 bridgehead atoms. The lowest BCUT2D eigenvalue weighted by molar-refractivity contribution is 0.415. The van der Waals surface area contributed by atoms with Gasteiger partial charge in [-0.15, -0.1) is 0 Å². The molecule has 26 heavy (non-hydrogen) atoms. The second-order valence-corrected chi connectivity index (χ2v) is 7.40. The minimum Gasteiger partial charge on any atom is -0.497 e. The van der Waals surface area contributed by atoms with Crippen LogP contribution in [0.1, 0.15) is 0 Å². The number of ether oxygens (including phenoxy) is 1. The highest BCUT2D eigenvalue weighted by Crippen LogP contribution is 2.21. The van der Waals surface area contributed by atoms with E-state index in [2.05, 4.69) is 4.72 Å². The number of aromatic nitrogens is 2. The average Bonchev–Trinajstić information content (AvgIpc) is 2.64. The number of fused-ring (bicyclic) bond motifs is 1. The summed E-state index contributed by atoms with van der Waals surface area (Å²) in [5.41, 5.74) is -0.222. The van der Waals surface area contributed by atoms with E-state index in [1.807, 2.05) is 0 Å². The Balaban J connectivity index is 2.09. The Morgan fingerprint density at radius 1 is 0.885 bits per heavy atom. The Labute approximate surface area is 149 Å². The standard InChI is InChI=1S/C17H17N3O5S/c1-19-14-9-8-13(10-15(14)20(2)17(22)16(19)21)26(23,24)18-11-4-6-12(25-3)7-5-11/h4-10,18H,1-3H3. The normalized spacial score (nSPS) is 11.5. The zero-order valence-electron chi connectivity index (χ0n) is 14.4. The summed E-state index contributed by atoms with van der Waals surface area (Å²) >= 11 is 0. The largest absolute Gasteiger partial charge is 0.497 e. The second kappa shape index (κ2) is 6.34. The van der Waals surface area contributed by atoms with Crippen LogP contribution in [0, 0.1) is 0 Å². The summed E-state index contributed by atoms with van der Waals surface area (Å²) in [7, 11) is 0.547. The third-order valence-corrected chi connectivity index (χ3v) is 5.49. The fourth-order valence-corrected chi connectivity index (χ4v) is 3.68. The van der Waals surface area contributed by atoms with Gasteiger partial charge >= 0.3 is 11.1 Å². The average molecular weight is 375 g/mol. The van der Waals surface area contributed by atoms with Crippen LogP contribution in [0.3, 0.4) is 0 Å². The van der Waals surface area contributed by atoms with Crippen molar-refractivity contribution in [1.82, 2.24) is 9.13 Å². The third kappa shape index (κ3) is 2.97. The Morgan fingerprint density at radius 3 is 2.04 bits per heavy atom. The third-order valence-electron chi connectivity index (χ3n) is 4.11. The van der Waals surface area contributed by atoms with Crippen molar-refractivity contribution in [1.29, 1.82) is 0 Å². The van der Waals surface area contributed by atoms with Gasteiger partial charge in [0.25, 0.3) is 10.0 Å². The molecule has 8 nitrogen and oxygen atoms in total. The molecule has 136 valence electrons. The first-order valence-electron chi connectivity index (χ1n) is 7.61. The minimum atomic E-state index is -3.87. The molecule has 0 spiro atoms. The van der Waals surface area contributed by atoms with E-state index in [0.29, 0.717) is 22.5 Å². The summed E-state index contributed by atoms with van der Waals surface area (Å²) in [6.45, 7) is 0. The van der Waals surface area contributed by atoms with Crippen molar-refractivity contribution in [3.05, 3.63) is 63.2 Å². The van der Waals surface area contributed by atoms with Crippen molar-refractivity contribution in [2.75, 3.05) is 11.8 Å². The van der Waals surface area contributed by atoms with Gasteiger partial charge in [-0.2, -0.15) is 0 Å². The van der Waals surface area contributed by atoms with Gasteiger partial charge in [0.05, 0.1) is 23.0 Å². The summed E-state index contributed by atoms with van der Waals surface area (Å²) in [5, 5.41) is 0. The predicted molar refractivity (Wildman–Crippen MR) is 98.2 cm³/mol. The molecular weight excluding hydrogens is 358 g/mol. The number of sulfonamides is 1. The van der Waals surface area contributed by atoms with E-state index in [0.717, 1.165) is 4.57 Å². The summed E-state index contributed by atoms with van der Waals surface area (Å²) < 4.78 is 35.2. The van der Waals surface area contributed by atoms with E-state index >= 15 is 0 Å². The Kier molecular flexibility index (Phi) is 4.33. The molecule has 0 amide bonds. The van der Waals surface area contributed by atoms with Gasteiger partial charge in [-0.1, -0.05) is 0 Å². The van der Waals surface area contributed by atoms with Crippen LogP contribution >= 0.6 is 0 Å². The minimum absolute atomic E-state index is 0.0190. The van der Waals surface area contributed by atoms with Crippen LogP contribution in [0.15, 0.2) is 56.9 Å². The van der Waals surface area contributed by atoms with Crippen LogP contribution in [-0.2, 0) is 24.1 Å². The van der Waals surface area contributed by atoms with E-state index in [-0.39, 0.29) is 4.90 Å². The van der Waals surface area contributed by atoms with Gasteiger partial charge in [-0.25, -0.2) is 8.42 Å². The van der Waals surface area contributed by atoms with Crippen molar-refractivity contribution >= 4 is 26.7 Å². The molecule has 3 rings (SSSR count). The Morgan fingerprint density at radius 2 is 1.46 bits per heavy atom. The molecule has 1 N–H and O–H groups in total. The number of hydrogen-bond donors (Lipinski definition) is 1. The summed E-state index contributed by atoms with van der Waals surface area (Å²) in [4.78, 5) is 23.8. The van der Waals surface area contributed by atoms with E-state index < -0.39 is 21.1 Å². The molecule has 0 fully saturated rings. The van der Waals surface area contributed by atoms with Gasteiger partial charge in [0.2, 0.25) is 0 Å². The Bertz CT molecular complexity index is 1210. The van der Waals surface area contributed by atoms with Crippen LogP contribution in [0.4, 0.5) is 5.69 Å². The van der Waals surface area contributed by atoms with Crippen molar-refractivity contribution in [2.45, 2.75) is 4.90 Å². The molecule has 2 aromatic carbocycles. The lowest BCUT2D eigenvalue weighted by Gasteiger charge is -2.12. The molecule has 0 aliphatic carbocycles. The van der Waals surface area contributed by atoms with E-state index in [4.69, 9.17) is 4.74 Å². The van der Waals surface area contributed by atoms with Crippen molar-refractivity contribution in [3.8, 4) is 5.75 Å². The van der Waals surface area contributed by atoms with Gasteiger partial charge < -0.3 is 13.9 Å². The Hall–Kier alpha value is -3.07. The van der Waals surface area contributed by atoms with Gasteiger partial charge in [0.15, 0.2) is 0 Å². The van der Waals surface area contributed by atoms with Crippen molar-refractivity contribution in [2.24, 2.45) is 14.1 Å². The monoisotopic (exact) mass is 375 g/mol. The van der Waals surface area contributed by atoms with Crippen LogP contribution in [0.2, 0.25) is 0 Å². The van der Waals surface area contributed by atoms with E-state index in [1.54, 1.807) is 24.3 Å². The molecule has 0 saturated carbocycles. The van der Waals surface area contributed by atoms with Gasteiger partial charge in [-0.3, -0.25) is 14.3 Å². The molecule has 0 aliphatic rings. The van der Waals surface area contributed by atoms with Crippen LogP contribution in [0.5, 0.6) is 5.75 Å². The first-order valence-corrected chi connectivity index (χ1v) is 9.09. The van der Waals surface area contributed by atoms with E-state index in [1.165, 1.54) is 44.0 Å². The van der Waals surface area contributed by atoms with Gasteiger partial charge in [0, 0.05) is 19.8 Å². The lowest BCUT2D eigenvalue weighted by atomic mass is 10.3. The smallest absolute Gasteiger partial charge is 0.316 e. The number of hydrogen-bond acceptors (Lipinski definition) is 5. The van der Waals surface area contributed by atoms with Crippen LogP contribution < -0.4 is 20.6 Å². The summed E-state index contributed by atoms with van der Waals surface area (Å²) in [5.74, 6) is 0.606. The highest BCUT2D eigenvalue weighted by atomic mass is 32.2. The van der Waals surface area contributed by atoms with E-state index in [9.17, 15) is 18.0 Å². The van der Waals surface area contributed by atoms with Crippen LogP contribution in [0.25, 0.3) is 11.0 Å². The first kappa shape index (κ1) is 17.7. The zero-order valence-corrected chi connectivity index (χ0v) is 15.2. The zero-order chi connectivity index (χ0) is 19.1. The molecule has 0 aliphatic heterocycles. The molecular formula is C17H17N3O5S. The van der Waals surface area contributed by atoms with Crippen molar-refractivity contribution < 1.29 is 13.2 Å². The number of anilines is 1. The fourth-order valence-electron chi connectivity index (χ4n) is 2.60. The molecule has 9 heteroatoms. The number of nitrogens with zero attached hydrogens (tertiary/aromatic N) is 2. The molecule has 1 aromatic heterocycles. The highest BCUT2D eigenvalue weighted by Gasteiger charge is 2.17. The first-order chi connectivity index (χ1) is 12.2. The number of nitrogens with one attached hydrogen (secondary N) is 1. The topological polar surface area (TPSA) is 99.4 Å². The molecule has 0 unspecified atom stereocenters. The molecule has 0 saturated heterocycles. The number of methoxy groups -OCH3 is 1. The maximum absolute atomic E-state index is 12.6.